The maximum atomic E-state index is 3.45. The van der Waals surface area contributed by atoms with E-state index in [2.05, 4.69) is 58.6 Å². The van der Waals surface area contributed by atoms with Crippen LogP contribution in [0.2, 0.25) is 0 Å². The number of halogens is 1. The summed E-state index contributed by atoms with van der Waals surface area (Å²) in [4.78, 5) is 0. The van der Waals surface area contributed by atoms with Crippen LogP contribution >= 0.6 is 15.9 Å². The van der Waals surface area contributed by atoms with Gasteiger partial charge in [0, 0.05) is 10.2 Å². The Bertz CT molecular complexity index is 321. The number of fused-ring (bicyclic) bond motifs is 1. The van der Waals surface area contributed by atoms with Crippen LogP contribution < -0.4 is 5.32 Å². The van der Waals surface area contributed by atoms with Gasteiger partial charge in [0.1, 0.15) is 0 Å². The van der Waals surface area contributed by atoms with E-state index in [9.17, 15) is 0 Å². The van der Waals surface area contributed by atoms with Gasteiger partial charge < -0.3 is 5.32 Å². The summed E-state index contributed by atoms with van der Waals surface area (Å²) in [5, 5.41) is 3.38. The van der Waals surface area contributed by atoms with Crippen LogP contribution in [0, 0.1) is 0 Å². The van der Waals surface area contributed by atoms with E-state index in [4.69, 9.17) is 0 Å². The van der Waals surface area contributed by atoms with Gasteiger partial charge in [0.05, 0.1) is 6.04 Å². The topological polar surface area (TPSA) is 12.0 Å². The first-order chi connectivity index (χ1) is 5.75. The van der Waals surface area contributed by atoms with Crippen molar-refractivity contribution in [2.45, 2.75) is 13.0 Å². The molecule has 1 aliphatic heterocycles. The Balaban J connectivity index is 2.35. The van der Waals surface area contributed by atoms with Gasteiger partial charge in [-0.15, -0.1) is 0 Å². The quantitative estimate of drug-likeness (QED) is 0.666. The van der Waals surface area contributed by atoms with Crippen molar-refractivity contribution in [2.75, 3.05) is 0 Å². The van der Waals surface area contributed by atoms with Crippen molar-refractivity contribution in [3.05, 3.63) is 46.1 Å². The summed E-state index contributed by atoms with van der Waals surface area (Å²) in [5.41, 5.74) is 2.54. The van der Waals surface area contributed by atoms with Crippen LogP contribution in [0.25, 0.3) is 0 Å². The molecule has 0 aromatic heterocycles. The van der Waals surface area contributed by atoms with Crippen molar-refractivity contribution in [3.8, 4) is 0 Å². The standard InChI is InChI=1S/C10H10BrN/c1-7-2-3-8-6-9(11)4-5-10(8)12-7/h2-6,10,12H,1H3. The average Bonchev–Trinajstić information content (AvgIpc) is 2.05. The Hall–Kier alpha value is -0.760. The van der Waals surface area contributed by atoms with E-state index in [0.29, 0.717) is 6.04 Å². The van der Waals surface area contributed by atoms with Gasteiger partial charge in [-0.2, -0.15) is 0 Å². The molecule has 62 valence electrons. The molecular weight excluding hydrogens is 214 g/mol. The van der Waals surface area contributed by atoms with Gasteiger partial charge in [-0.05, 0) is 30.7 Å². The Kier molecular flexibility index (Phi) is 1.93. The SMILES string of the molecule is CC1=CC=C2C=C(Br)C=CC2N1. The molecule has 0 saturated heterocycles. The van der Waals surface area contributed by atoms with E-state index in [1.165, 1.54) is 11.3 Å². The Morgan fingerprint density at radius 1 is 1.42 bits per heavy atom. The predicted octanol–water partition coefficient (Wildman–Crippen LogP) is 2.64. The zero-order chi connectivity index (χ0) is 8.55. The number of rotatable bonds is 0. The van der Waals surface area contributed by atoms with Crippen LogP contribution in [0.4, 0.5) is 0 Å². The molecule has 1 N–H and O–H groups in total. The third-order valence-corrected chi connectivity index (χ3v) is 2.51. The zero-order valence-corrected chi connectivity index (χ0v) is 8.43. The fraction of sp³-hybridized carbons (Fsp3) is 0.200. The number of nitrogens with one attached hydrogen (secondary N) is 1. The largest absolute Gasteiger partial charge is 0.378 e. The van der Waals surface area contributed by atoms with Gasteiger partial charge in [-0.25, -0.2) is 0 Å². The molecule has 1 atom stereocenters. The molecule has 0 bridgehead atoms. The van der Waals surface area contributed by atoms with Crippen LogP contribution in [0.5, 0.6) is 0 Å². The highest BCUT2D eigenvalue weighted by Crippen LogP contribution is 2.23. The van der Waals surface area contributed by atoms with Gasteiger partial charge in [0.15, 0.2) is 0 Å². The van der Waals surface area contributed by atoms with Crippen molar-refractivity contribution in [3.63, 3.8) is 0 Å². The van der Waals surface area contributed by atoms with E-state index in [-0.39, 0.29) is 0 Å². The molecule has 12 heavy (non-hydrogen) atoms. The first kappa shape index (κ1) is 7.87. The normalized spacial score (nSPS) is 26.5. The molecule has 1 aliphatic carbocycles. The molecule has 1 nitrogen and oxygen atoms in total. The molecule has 0 fully saturated rings. The van der Waals surface area contributed by atoms with Crippen LogP contribution in [0.15, 0.2) is 46.1 Å². The van der Waals surface area contributed by atoms with Crippen molar-refractivity contribution in [2.24, 2.45) is 0 Å². The Morgan fingerprint density at radius 3 is 3.08 bits per heavy atom. The molecule has 0 saturated carbocycles. The van der Waals surface area contributed by atoms with E-state index >= 15 is 0 Å². The highest BCUT2D eigenvalue weighted by molar-refractivity contribution is 9.11. The smallest absolute Gasteiger partial charge is 0.0698 e. The van der Waals surface area contributed by atoms with Gasteiger partial charge in [-0.1, -0.05) is 28.1 Å². The summed E-state index contributed by atoms with van der Waals surface area (Å²) in [5.74, 6) is 0. The van der Waals surface area contributed by atoms with E-state index in [0.717, 1.165) is 4.48 Å². The summed E-state index contributed by atoms with van der Waals surface area (Å²) >= 11 is 3.45. The molecule has 0 spiro atoms. The average molecular weight is 224 g/mol. The maximum absolute atomic E-state index is 3.45. The van der Waals surface area contributed by atoms with Crippen molar-refractivity contribution in [1.82, 2.24) is 5.32 Å². The monoisotopic (exact) mass is 223 g/mol. The van der Waals surface area contributed by atoms with Crippen molar-refractivity contribution >= 4 is 15.9 Å². The van der Waals surface area contributed by atoms with Gasteiger partial charge >= 0.3 is 0 Å². The second-order valence-electron chi connectivity index (χ2n) is 3.03. The van der Waals surface area contributed by atoms with E-state index in [1.807, 2.05) is 0 Å². The number of allylic oxidation sites excluding steroid dienone is 5. The summed E-state index contributed by atoms with van der Waals surface area (Å²) in [6.07, 6.45) is 10.6. The minimum Gasteiger partial charge on any atom is -0.378 e. The van der Waals surface area contributed by atoms with Gasteiger partial charge in [0.25, 0.3) is 0 Å². The summed E-state index contributed by atoms with van der Waals surface area (Å²) < 4.78 is 1.14. The van der Waals surface area contributed by atoms with Crippen LogP contribution in [-0.4, -0.2) is 6.04 Å². The lowest BCUT2D eigenvalue weighted by molar-refractivity contribution is 0.747. The van der Waals surface area contributed by atoms with Crippen molar-refractivity contribution < 1.29 is 0 Å². The van der Waals surface area contributed by atoms with E-state index < -0.39 is 0 Å². The highest BCUT2D eigenvalue weighted by Gasteiger charge is 2.14. The van der Waals surface area contributed by atoms with Crippen LogP contribution in [0.3, 0.4) is 0 Å². The third kappa shape index (κ3) is 1.39. The fourth-order valence-corrected chi connectivity index (χ4v) is 1.81. The molecule has 2 heteroatoms. The third-order valence-electron chi connectivity index (χ3n) is 2.02. The number of dihydropyridines is 1. The summed E-state index contributed by atoms with van der Waals surface area (Å²) in [6.45, 7) is 2.08. The lowest BCUT2D eigenvalue weighted by Gasteiger charge is -2.24. The Labute approximate surface area is 80.7 Å². The molecule has 0 aromatic carbocycles. The van der Waals surface area contributed by atoms with Crippen LogP contribution in [0.1, 0.15) is 6.92 Å². The number of hydrogen-bond acceptors (Lipinski definition) is 1. The molecule has 2 aliphatic rings. The maximum Gasteiger partial charge on any atom is 0.0698 e. The summed E-state index contributed by atoms with van der Waals surface area (Å²) in [7, 11) is 0. The predicted molar refractivity (Wildman–Crippen MR) is 54.9 cm³/mol. The highest BCUT2D eigenvalue weighted by atomic mass is 79.9. The van der Waals surface area contributed by atoms with Crippen molar-refractivity contribution in [1.29, 1.82) is 0 Å². The number of hydrogen-bond donors (Lipinski definition) is 1. The van der Waals surface area contributed by atoms with Gasteiger partial charge in [-0.3, -0.25) is 0 Å². The molecule has 0 aromatic rings. The fourth-order valence-electron chi connectivity index (χ4n) is 1.39. The first-order valence-electron chi connectivity index (χ1n) is 3.96. The molecule has 0 radical (unpaired) electrons. The van der Waals surface area contributed by atoms with E-state index in [1.54, 1.807) is 0 Å². The first-order valence-corrected chi connectivity index (χ1v) is 4.75. The minimum absolute atomic E-state index is 0.372. The minimum atomic E-state index is 0.372. The molecule has 1 unspecified atom stereocenters. The molecule has 0 amide bonds. The lowest BCUT2D eigenvalue weighted by atomic mass is 9.99. The van der Waals surface area contributed by atoms with Crippen LogP contribution in [-0.2, 0) is 0 Å². The molecule has 1 heterocycles. The molecule has 2 rings (SSSR count). The lowest BCUT2D eigenvalue weighted by Crippen LogP contribution is -2.30. The van der Waals surface area contributed by atoms with Gasteiger partial charge in [0.2, 0.25) is 0 Å². The zero-order valence-electron chi connectivity index (χ0n) is 6.84. The Morgan fingerprint density at radius 2 is 2.25 bits per heavy atom. The second kappa shape index (κ2) is 2.94. The second-order valence-corrected chi connectivity index (χ2v) is 3.94. The molecular formula is C10H10BrN. The summed E-state index contributed by atoms with van der Waals surface area (Å²) in [6, 6.07) is 0.372.